The van der Waals surface area contributed by atoms with Crippen molar-refractivity contribution in [2.75, 3.05) is 24.4 Å². The number of carbonyl (C=O) groups is 2. The molecule has 33 heavy (non-hydrogen) atoms. The molecule has 0 spiro atoms. The van der Waals surface area contributed by atoms with E-state index in [0.29, 0.717) is 23.6 Å². The zero-order chi connectivity index (χ0) is 23.4. The first kappa shape index (κ1) is 22.3. The molecule has 1 N–H and O–H groups in total. The lowest BCUT2D eigenvalue weighted by atomic mass is 9.83. The van der Waals surface area contributed by atoms with Crippen LogP contribution in [0.15, 0.2) is 67.0 Å². The van der Waals surface area contributed by atoms with Gasteiger partial charge in [-0.25, -0.2) is 0 Å². The molecular weight excluding hydrogens is 418 g/mol. The lowest BCUT2D eigenvalue weighted by Gasteiger charge is -2.41. The largest absolute Gasteiger partial charge is 0.493 e. The standard InChI is InChI=1S/C26H27N3O4/c1-17-6-9-20(10-7-17)29-24(30)13-11-21(26(31)28-19-5-4-14-27-16-19)25(29)18-8-12-22(32-2)23(15-18)33-3/h4-10,12,14-16,21,25H,11,13H2,1-3H3,(H,28,31)/t21-,25-/m0/s1. The van der Waals surface area contributed by atoms with Gasteiger partial charge in [-0.15, -0.1) is 0 Å². The highest BCUT2D eigenvalue weighted by Crippen LogP contribution is 2.42. The van der Waals surface area contributed by atoms with Gasteiger partial charge in [0, 0.05) is 18.3 Å². The van der Waals surface area contributed by atoms with Gasteiger partial charge in [0.1, 0.15) is 0 Å². The summed E-state index contributed by atoms with van der Waals surface area (Å²) in [7, 11) is 3.14. The maximum absolute atomic E-state index is 13.4. The number of anilines is 2. The van der Waals surface area contributed by atoms with E-state index in [2.05, 4.69) is 10.3 Å². The first-order valence-corrected chi connectivity index (χ1v) is 10.8. The van der Waals surface area contributed by atoms with Gasteiger partial charge in [0.2, 0.25) is 11.8 Å². The van der Waals surface area contributed by atoms with Crippen molar-refractivity contribution in [2.45, 2.75) is 25.8 Å². The molecule has 1 fully saturated rings. The van der Waals surface area contributed by atoms with E-state index in [1.165, 1.54) is 0 Å². The van der Waals surface area contributed by atoms with Gasteiger partial charge < -0.3 is 19.7 Å². The van der Waals surface area contributed by atoms with Crippen LogP contribution in [0, 0.1) is 12.8 Å². The first-order valence-electron chi connectivity index (χ1n) is 10.8. The number of pyridine rings is 1. The molecule has 0 radical (unpaired) electrons. The fourth-order valence-electron chi connectivity index (χ4n) is 4.27. The number of carbonyl (C=O) groups excluding carboxylic acids is 2. The molecule has 4 rings (SSSR count). The van der Waals surface area contributed by atoms with Gasteiger partial charge in [0.15, 0.2) is 11.5 Å². The third kappa shape index (κ3) is 4.67. The summed E-state index contributed by atoms with van der Waals surface area (Å²) >= 11 is 0. The molecule has 0 unspecified atom stereocenters. The normalized spacial score (nSPS) is 18.0. The number of aryl methyl sites for hydroxylation is 1. The first-order chi connectivity index (χ1) is 16.0. The van der Waals surface area contributed by atoms with Gasteiger partial charge in [-0.1, -0.05) is 23.8 Å². The van der Waals surface area contributed by atoms with Crippen LogP contribution in [0.3, 0.4) is 0 Å². The van der Waals surface area contributed by atoms with Gasteiger partial charge in [-0.3, -0.25) is 14.6 Å². The number of rotatable bonds is 6. The Hall–Kier alpha value is -3.87. The van der Waals surface area contributed by atoms with Crippen LogP contribution in [0.5, 0.6) is 11.5 Å². The van der Waals surface area contributed by atoms with Crippen molar-refractivity contribution in [1.82, 2.24) is 4.98 Å². The summed E-state index contributed by atoms with van der Waals surface area (Å²) in [5.74, 6) is 0.476. The molecule has 0 bridgehead atoms. The topological polar surface area (TPSA) is 80.8 Å². The quantitative estimate of drug-likeness (QED) is 0.603. The second-order valence-electron chi connectivity index (χ2n) is 8.03. The highest BCUT2D eigenvalue weighted by molar-refractivity contribution is 6.00. The van der Waals surface area contributed by atoms with Crippen molar-refractivity contribution >= 4 is 23.2 Å². The summed E-state index contributed by atoms with van der Waals surface area (Å²) in [5, 5.41) is 2.96. The highest BCUT2D eigenvalue weighted by atomic mass is 16.5. The Bertz CT molecular complexity index is 1130. The molecule has 2 heterocycles. The van der Waals surface area contributed by atoms with E-state index in [1.54, 1.807) is 49.7 Å². The van der Waals surface area contributed by atoms with Gasteiger partial charge >= 0.3 is 0 Å². The van der Waals surface area contributed by atoms with E-state index in [-0.39, 0.29) is 18.2 Å². The number of methoxy groups -OCH3 is 2. The summed E-state index contributed by atoms with van der Waals surface area (Å²) in [6.07, 6.45) is 3.98. The molecule has 1 saturated heterocycles. The van der Waals surface area contributed by atoms with E-state index in [9.17, 15) is 9.59 Å². The number of nitrogens with zero attached hydrogens (tertiary/aromatic N) is 2. The number of nitrogens with one attached hydrogen (secondary N) is 1. The molecule has 1 aromatic heterocycles. The predicted molar refractivity (Wildman–Crippen MR) is 127 cm³/mol. The molecular formula is C26H27N3O4. The van der Waals surface area contributed by atoms with Gasteiger partial charge in [0.05, 0.1) is 38.1 Å². The summed E-state index contributed by atoms with van der Waals surface area (Å²) in [5.41, 5.74) is 3.26. The Morgan fingerprint density at radius 1 is 1.06 bits per heavy atom. The van der Waals surface area contributed by atoms with Crippen LogP contribution in [0.4, 0.5) is 11.4 Å². The third-order valence-electron chi connectivity index (χ3n) is 5.92. The smallest absolute Gasteiger partial charge is 0.229 e. The molecule has 2 atom stereocenters. The molecule has 7 nitrogen and oxygen atoms in total. The van der Waals surface area contributed by atoms with Crippen molar-refractivity contribution in [1.29, 1.82) is 0 Å². The Labute approximate surface area is 193 Å². The number of aromatic nitrogens is 1. The Morgan fingerprint density at radius 3 is 2.48 bits per heavy atom. The van der Waals surface area contributed by atoms with E-state index in [1.807, 2.05) is 43.3 Å². The SMILES string of the molecule is COc1ccc([C@H]2[C@@H](C(=O)Nc3cccnc3)CCC(=O)N2c2ccc(C)cc2)cc1OC. The second kappa shape index (κ2) is 9.73. The average Bonchev–Trinajstić information content (AvgIpc) is 2.84. The molecule has 7 heteroatoms. The molecule has 3 aromatic rings. The highest BCUT2D eigenvalue weighted by Gasteiger charge is 2.41. The Kier molecular flexibility index (Phi) is 6.58. The Balaban J connectivity index is 1.78. The van der Waals surface area contributed by atoms with E-state index < -0.39 is 12.0 Å². The monoisotopic (exact) mass is 445 g/mol. The maximum Gasteiger partial charge on any atom is 0.229 e. The molecule has 1 aliphatic heterocycles. The number of piperidine rings is 1. The minimum Gasteiger partial charge on any atom is -0.493 e. The van der Waals surface area contributed by atoms with Crippen LogP contribution >= 0.6 is 0 Å². The van der Waals surface area contributed by atoms with E-state index >= 15 is 0 Å². The van der Waals surface area contributed by atoms with Crippen molar-refractivity contribution in [3.8, 4) is 11.5 Å². The fourth-order valence-corrected chi connectivity index (χ4v) is 4.27. The molecule has 170 valence electrons. The minimum atomic E-state index is -0.509. The Morgan fingerprint density at radius 2 is 1.82 bits per heavy atom. The number of hydrogen-bond acceptors (Lipinski definition) is 5. The molecule has 2 aromatic carbocycles. The summed E-state index contributed by atoms with van der Waals surface area (Å²) in [6.45, 7) is 2.00. The number of amides is 2. The minimum absolute atomic E-state index is 0.0240. The molecule has 0 saturated carbocycles. The van der Waals surface area contributed by atoms with Crippen molar-refractivity contribution in [3.63, 3.8) is 0 Å². The summed E-state index contributed by atoms with van der Waals surface area (Å²) < 4.78 is 10.9. The predicted octanol–water partition coefficient (Wildman–Crippen LogP) is 4.53. The summed E-state index contributed by atoms with van der Waals surface area (Å²) in [6, 6.07) is 16.4. The van der Waals surface area contributed by atoms with Crippen molar-refractivity contribution < 1.29 is 19.1 Å². The van der Waals surface area contributed by atoms with Crippen LogP contribution in [-0.4, -0.2) is 31.0 Å². The third-order valence-corrected chi connectivity index (χ3v) is 5.92. The van der Waals surface area contributed by atoms with Gasteiger partial charge in [-0.2, -0.15) is 0 Å². The van der Waals surface area contributed by atoms with E-state index in [4.69, 9.17) is 9.47 Å². The number of ether oxygens (including phenoxy) is 2. The zero-order valence-corrected chi connectivity index (χ0v) is 18.9. The van der Waals surface area contributed by atoms with E-state index in [0.717, 1.165) is 16.8 Å². The lowest BCUT2D eigenvalue weighted by molar-refractivity contribution is -0.125. The summed E-state index contributed by atoms with van der Waals surface area (Å²) in [4.78, 5) is 32.4. The van der Waals surface area contributed by atoms with Crippen LogP contribution in [-0.2, 0) is 9.59 Å². The maximum atomic E-state index is 13.4. The average molecular weight is 446 g/mol. The van der Waals surface area contributed by atoms with Crippen LogP contribution in [0.25, 0.3) is 0 Å². The van der Waals surface area contributed by atoms with Gasteiger partial charge in [-0.05, 0) is 55.3 Å². The molecule has 0 aliphatic carbocycles. The number of benzene rings is 2. The zero-order valence-electron chi connectivity index (χ0n) is 18.9. The van der Waals surface area contributed by atoms with Crippen molar-refractivity contribution in [3.05, 3.63) is 78.1 Å². The molecule has 2 amide bonds. The van der Waals surface area contributed by atoms with Crippen LogP contribution in [0.1, 0.15) is 30.0 Å². The van der Waals surface area contributed by atoms with Gasteiger partial charge in [0.25, 0.3) is 0 Å². The fraction of sp³-hybridized carbons (Fsp3) is 0.269. The van der Waals surface area contributed by atoms with Crippen molar-refractivity contribution in [2.24, 2.45) is 5.92 Å². The number of hydrogen-bond donors (Lipinski definition) is 1. The molecule has 1 aliphatic rings. The van der Waals surface area contributed by atoms with Crippen LogP contribution < -0.4 is 19.7 Å². The lowest BCUT2D eigenvalue weighted by Crippen LogP contribution is -2.47. The van der Waals surface area contributed by atoms with Crippen LogP contribution in [0.2, 0.25) is 0 Å². The second-order valence-corrected chi connectivity index (χ2v) is 8.03.